The highest BCUT2D eigenvalue weighted by molar-refractivity contribution is 5.65. The normalized spacial score (nSPS) is 14.5. The van der Waals surface area contributed by atoms with E-state index in [4.69, 9.17) is 4.74 Å². The molecule has 0 spiro atoms. The lowest BCUT2D eigenvalue weighted by molar-refractivity contribution is -0.385. The smallest absolute Gasteiger partial charge is 0.373 e. The maximum atomic E-state index is 12.0. The van der Waals surface area contributed by atoms with Crippen LogP contribution >= 0.6 is 0 Å². The molecule has 33 heavy (non-hydrogen) atoms. The Morgan fingerprint density at radius 1 is 1.12 bits per heavy atom. The van der Waals surface area contributed by atoms with Crippen molar-refractivity contribution in [3.05, 3.63) is 70.4 Å². The number of benzene rings is 1. The first kappa shape index (κ1) is 20.7. The van der Waals surface area contributed by atoms with Crippen LogP contribution in [0.1, 0.15) is 11.3 Å². The van der Waals surface area contributed by atoms with Gasteiger partial charge in [-0.05, 0) is 12.5 Å². The highest BCUT2D eigenvalue weighted by Crippen LogP contribution is 2.37. The van der Waals surface area contributed by atoms with E-state index in [1.165, 1.54) is 22.7 Å². The van der Waals surface area contributed by atoms with Crippen molar-refractivity contribution in [3.63, 3.8) is 0 Å². The molecule has 0 N–H and O–H groups in total. The van der Waals surface area contributed by atoms with Crippen molar-refractivity contribution < 1.29 is 9.66 Å². The van der Waals surface area contributed by atoms with Crippen molar-refractivity contribution in [2.75, 3.05) is 31.1 Å². The molecule has 1 aliphatic heterocycles. The number of rotatable bonds is 6. The molecule has 0 amide bonds. The first-order valence-electron chi connectivity index (χ1n) is 10.4. The summed E-state index contributed by atoms with van der Waals surface area (Å²) in [6.45, 7) is 5.35. The molecule has 1 saturated heterocycles. The third kappa shape index (κ3) is 4.28. The molecule has 1 aromatic carbocycles. The van der Waals surface area contributed by atoms with E-state index in [1.54, 1.807) is 13.0 Å². The van der Waals surface area contributed by atoms with Crippen LogP contribution in [-0.4, -0.2) is 65.8 Å². The van der Waals surface area contributed by atoms with Crippen molar-refractivity contribution in [3.8, 4) is 11.6 Å². The van der Waals surface area contributed by atoms with Gasteiger partial charge in [-0.15, -0.1) is 10.2 Å². The van der Waals surface area contributed by atoms with Gasteiger partial charge in [-0.2, -0.15) is 14.6 Å². The number of ether oxygens (including phenoxy) is 1. The molecule has 4 heterocycles. The van der Waals surface area contributed by atoms with E-state index in [-0.39, 0.29) is 23.1 Å². The molecule has 168 valence electrons. The third-order valence-electron chi connectivity index (χ3n) is 5.44. The number of nitrogens with zero attached hydrogens (tertiary/aromatic N) is 9. The Hall–Kier alpha value is -4.19. The lowest BCUT2D eigenvalue weighted by atomic mass is 10.2. The zero-order valence-electron chi connectivity index (χ0n) is 17.9. The summed E-state index contributed by atoms with van der Waals surface area (Å²) < 4.78 is 7.31. The van der Waals surface area contributed by atoms with E-state index >= 15 is 0 Å². The topological polar surface area (TPSA) is 128 Å². The molecule has 1 aliphatic rings. The molecule has 12 heteroatoms. The van der Waals surface area contributed by atoms with Crippen LogP contribution in [0, 0.1) is 17.0 Å². The van der Waals surface area contributed by atoms with Gasteiger partial charge >= 0.3 is 11.6 Å². The van der Waals surface area contributed by atoms with Crippen molar-refractivity contribution in [2.24, 2.45) is 0 Å². The number of hydrogen-bond donors (Lipinski definition) is 0. The van der Waals surface area contributed by atoms with Gasteiger partial charge in [-0.1, -0.05) is 30.3 Å². The number of nitro groups is 1. The number of piperazine rings is 1. The molecule has 3 aromatic heterocycles. The third-order valence-corrected chi connectivity index (χ3v) is 5.44. The summed E-state index contributed by atoms with van der Waals surface area (Å²) in [6, 6.07) is 11.9. The standard InChI is InChI=1S/C21H21N9O3/c1-15-11-17(19-25-24-14-29(19)26-15)33-21-18(30(31)32)20(22-13-23-21)28-9-7-27(8-10-28)12-16-5-3-2-4-6-16/h2-6,11,13-14H,7-10,12H2,1H3. The summed E-state index contributed by atoms with van der Waals surface area (Å²) >= 11 is 0. The van der Waals surface area contributed by atoms with Gasteiger partial charge in [0.15, 0.2) is 5.75 Å². The zero-order valence-corrected chi connectivity index (χ0v) is 17.9. The Balaban J connectivity index is 1.38. The second kappa shape index (κ2) is 8.74. The molecule has 0 bridgehead atoms. The van der Waals surface area contributed by atoms with Gasteiger partial charge in [0, 0.05) is 38.8 Å². The maximum Gasteiger partial charge on any atom is 0.373 e. The lowest BCUT2D eigenvalue weighted by Crippen LogP contribution is -2.46. The summed E-state index contributed by atoms with van der Waals surface area (Å²) in [5.41, 5.74) is 1.94. The Morgan fingerprint density at radius 3 is 2.67 bits per heavy atom. The summed E-state index contributed by atoms with van der Waals surface area (Å²) in [6.07, 6.45) is 2.72. The average Bonchev–Trinajstić information content (AvgIpc) is 3.29. The minimum atomic E-state index is -0.504. The number of anilines is 1. The van der Waals surface area contributed by atoms with Crippen LogP contribution in [0.5, 0.6) is 11.6 Å². The van der Waals surface area contributed by atoms with Gasteiger partial charge in [0.2, 0.25) is 11.5 Å². The van der Waals surface area contributed by atoms with Crippen molar-refractivity contribution in [1.29, 1.82) is 0 Å². The monoisotopic (exact) mass is 447 g/mol. The first-order valence-corrected chi connectivity index (χ1v) is 10.4. The van der Waals surface area contributed by atoms with Crippen LogP contribution < -0.4 is 9.64 Å². The highest BCUT2D eigenvalue weighted by atomic mass is 16.6. The largest absolute Gasteiger partial charge is 0.429 e. The number of hydrogen-bond acceptors (Lipinski definition) is 10. The van der Waals surface area contributed by atoms with Gasteiger partial charge in [-0.25, -0.2) is 4.98 Å². The van der Waals surface area contributed by atoms with Gasteiger partial charge in [0.1, 0.15) is 12.7 Å². The van der Waals surface area contributed by atoms with Crippen LogP contribution in [0.2, 0.25) is 0 Å². The minimum absolute atomic E-state index is 0.146. The Morgan fingerprint density at radius 2 is 1.91 bits per heavy atom. The predicted molar refractivity (Wildman–Crippen MR) is 118 cm³/mol. The zero-order chi connectivity index (χ0) is 22.8. The molecule has 0 unspecified atom stereocenters. The Bertz CT molecular complexity index is 1290. The van der Waals surface area contributed by atoms with Crippen molar-refractivity contribution in [2.45, 2.75) is 13.5 Å². The SMILES string of the molecule is Cc1cc(Oc2ncnc(N3CCN(Cc4ccccc4)CC3)c2[N+](=O)[O-])c2nncn2n1. The summed E-state index contributed by atoms with van der Waals surface area (Å²) in [5.74, 6) is 0.375. The minimum Gasteiger partial charge on any atom is -0.429 e. The van der Waals surface area contributed by atoms with Crippen LogP contribution in [0.4, 0.5) is 11.5 Å². The molecule has 0 saturated carbocycles. The second-order valence-corrected chi connectivity index (χ2v) is 7.71. The van der Waals surface area contributed by atoms with Gasteiger partial charge in [0.05, 0.1) is 10.6 Å². The number of fused-ring (bicyclic) bond motifs is 1. The molecule has 0 aliphatic carbocycles. The Kier molecular flexibility index (Phi) is 5.48. The van der Waals surface area contributed by atoms with Crippen molar-refractivity contribution in [1.82, 2.24) is 34.7 Å². The molecule has 5 rings (SSSR count). The first-order chi connectivity index (χ1) is 16.1. The van der Waals surface area contributed by atoms with E-state index in [2.05, 4.69) is 42.3 Å². The van der Waals surface area contributed by atoms with E-state index in [9.17, 15) is 10.1 Å². The molecule has 4 aromatic rings. The summed E-state index contributed by atoms with van der Waals surface area (Å²) in [5, 5.41) is 24.1. The van der Waals surface area contributed by atoms with Crippen LogP contribution in [0.25, 0.3) is 5.65 Å². The van der Waals surface area contributed by atoms with E-state index in [1.807, 2.05) is 23.1 Å². The van der Waals surface area contributed by atoms with Crippen LogP contribution in [0.3, 0.4) is 0 Å². The fraction of sp³-hybridized carbons (Fsp3) is 0.286. The maximum absolute atomic E-state index is 12.0. The van der Waals surface area contributed by atoms with Crippen LogP contribution in [0.15, 0.2) is 49.1 Å². The van der Waals surface area contributed by atoms with E-state index in [0.29, 0.717) is 24.4 Å². The Labute approximate surface area is 188 Å². The lowest BCUT2D eigenvalue weighted by Gasteiger charge is -2.35. The molecule has 0 atom stereocenters. The summed E-state index contributed by atoms with van der Waals surface area (Å²) in [7, 11) is 0. The fourth-order valence-corrected chi connectivity index (χ4v) is 3.88. The number of aromatic nitrogens is 6. The number of aryl methyl sites for hydroxylation is 1. The summed E-state index contributed by atoms with van der Waals surface area (Å²) in [4.78, 5) is 24.0. The van der Waals surface area contributed by atoms with Crippen molar-refractivity contribution >= 4 is 17.2 Å². The van der Waals surface area contributed by atoms with E-state index < -0.39 is 4.92 Å². The average molecular weight is 447 g/mol. The highest BCUT2D eigenvalue weighted by Gasteiger charge is 2.31. The molecular formula is C21H21N9O3. The molecular weight excluding hydrogens is 426 g/mol. The van der Waals surface area contributed by atoms with Gasteiger partial charge in [0.25, 0.3) is 0 Å². The van der Waals surface area contributed by atoms with Crippen LogP contribution in [-0.2, 0) is 6.54 Å². The van der Waals surface area contributed by atoms with Gasteiger partial charge in [-0.3, -0.25) is 15.0 Å². The molecule has 0 radical (unpaired) electrons. The predicted octanol–water partition coefficient (Wildman–Crippen LogP) is 2.25. The van der Waals surface area contributed by atoms with E-state index in [0.717, 1.165) is 19.6 Å². The van der Waals surface area contributed by atoms with Gasteiger partial charge < -0.3 is 9.64 Å². The molecule has 12 nitrogen and oxygen atoms in total. The quantitative estimate of drug-likeness (QED) is 0.321. The second-order valence-electron chi connectivity index (χ2n) is 7.71. The fourth-order valence-electron chi connectivity index (χ4n) is 3.88. The molecule has 1 fully saturated rings.